The fourth-order valence-corrected chi connectivity index (χ4v) is 2.09. The molecule has 1 heterocycles. The van der Waals surface area contributed by atoms with Crippen LogP contribution in [0.1, 0.15) is 15.2 Å². The average molecular weight is 260 g/mol. The van der Waals surface area contributed by atoms with Crippen LogP contribution in [0.25, 0.3) is 0 Å². The molecule has 0 spiro atoms. The summed E-state index contributed by atoms with van der Waals surface area (Å²) in [5.74, 6) is -0.259. The third-order valence-corrected chi connectivity index (χ3v) is 3.21. The molecule has 0 aliphatic rings. The molecule has 18 heavy (non-hydrogen) atoms. The summed E-state index contributed by atoms with van der Waals surface area (Å²) < 4.78 is 0. The van der Waals surface area contributed by atoms with Gasteiger partial charge < -0.3 is 10.1 Å². The minimum atomic E-state index is -0.512. The van der Waals surface area contributed by atoms with Gasteiger partial charge in [-0.1, -0.05) is 30.3 Å². The Kier molecular flexibility index (Phi) is 4.20. The van der Waals surface area contributed by atoms with Gasteiger partial charge in [0.25, 0.3) is 5.91 Å². The maximum atomic E-state index is 11.8. The Labute approximate surface area is 109 Å². The van der Waals surface area contributed by atoms with Crippen LogP contribution >= 0.6 is 11.3 Å². The summed E-state index contributed by atoms with van der Waals surface area (Å²) in [6.45, 7) is 0. The summed E-state index contributed by atoms with van der Waals surface area (Å²) in [7, 11) is 0. The van der Waals surface area contributed by atoms with Crippen molar-refractivity contribution in [1.29, 1.82) is 0 Å². The summed E-state index contributed by atoms with van der Waals surface area (Å²) in [4.78, 5) is 27.1. The molecule has 4 nitrogen and oxygen atoms in total. The minimum Gasteiger partial charge on any atom is -0.341 e. The highest BCUT2D eigenvalue weighted by atomic mass is 32.1. The van der Waals surface area contributed by atoms with E-state index in [0.717, 1.165) is 11.8 Å². The zero-order valence-corrected chi connectivity index (χ0v) is 10.4. The van der Waals surface area contributed by atoms with Crippen LogP contribution < -0.4 is 5.32 Å². The highest BCUT2D eigenvalue weighted by molar-refractivity contribution is 7.11. The Morgan fingerprint density at radius 2 is 2.17 bits per heavy atom. The van der Waals surface area contributed by atoms with E-state index < -0.39 is 6.04 Å². The first-order valence-corrected chi connectivity index (χ1v) is 6.36. The van der Waals surface area contributed by atoms with Crippen molar-refractivity contribution < 1.29 is 9.59 Å². The molecule has 0 aliphatic carbocycles. The quantitative estimate of drug-likeness (QED) is 0.832. The summed E-state index contributed by atoms with van der Waals surface area (Å²) in [6.07, 6.45) is 2.74. The van der Waals surface area contributed by atoms with Crippen molar-refractivity contribution in [1.82, 2.24) is 10.3 Å². The number of thiazole rings is 1. The number of aromatic nitrogens is 1. The second-order valence-corrected chi connectivity index (χ2v) is 4.66. The van der Waals surface area contributed by atoms with E-state index in [4.69, 9.17) is 0 Å². The summed E-state index contributed by atoms with van der Waals surface area (Å²) >= 11 is 1.25. The lowest BCUT2D eigenvalue weighted by atomic mass is 10.1. The molecule has 0 saturated carbocycles. The maximum absolute atomic E-state index is 11.8. The van der Waals surface area contributed by atoms with E-state index in [9.17, 15) is 9.59 Å². The number of carbonyl (C=O) groups is 2. The van der Waals surface area contributed by atoms with Crippen LogP contribution in [0.15, 0.2) is 42.0 Å². The number of carbonyl (C=O) groups excluding carboxylic acids is 2. The number of nitrogens with zero attached hydrogens (tertiary/aromatic N) is 1. The lowest BCUT2D eigenvalue weighted by Crippen LogP contribution is -2.37. The van der Waals surface area contributed by atoms with Gasteiger partial charge in [-0.15, -0.1) is 11.3 Å². The standard InChI is InChI=1S/C13H12N2O2S/c16-8-11(6-10-4-2-1-3-5-10)15-13(17)12-7-14-9-18-12/h1-5,7-9,11H,6H2,(H,15,17)/t11-/m0/s1. The minimum absolute atomic E-state index is 0.259. The predicted molar refractivity (Wildman–Crippen MR) is 69.6 cm³/mol. The Balaban J connectivity index is 1.98. The van der Waals surface area contributed by atoms with E-state index >= 15 is 0 Å². The zero-order valence-electron chi connectivity index (χ0n) is 9.58. The average Bonchev–Trinajstić information content (AvgIpc) is 2.93. The second kappa shape index (κ2) is 6.07. The molecule has 1 aromatic heterocycles. The van der Waals surface area contributed by atoms with Crippen molar-refractivity contribution in [3.05, 3.63) is 52.5 Å². The van der Waals surface area contributed by atoms with Gasteiger partial charge in [0.2, 0.25) is 0 Å². The van der Waals surface area contributed by atoms with E-state index in [0.29, 0.717) is 11.3 Å². The molecular weight excluding hydrogens is 248 g/mol. The van der Waals surface area contributed by atoms with Crippen LogP contribution in [-0.4, -0.2) is 23.2 Å². The first-order chi connectivity index (χ1) is 8.79. The molecule has 0 bridgehead atoms. The molecule has 1 atom stereocenters. The Hall–Kier alpha value is -2.01. The van der Waals surface area contributed by atoms with Gasteiger partial charge in [-0.05, 0) is 12.0 Å². The number of nitrogens with one attached hydrogen (secondary N) is 1. The van der Waals surface area contributed by atoms with Crippen molar-refractivity contribution in [3.63, 3.8) is 0 Å². The highest BCUT2D eigenvalue weighted by Gasteiger charge is 2.14. The molecule has 92 valence electrons. The molecule has 2 rings (SSSR count). The van der Waals surface area contributed by atoms with Crippen molar-refractivity contribution >= 4 is 23.5 Å². The Morgan fingerprint density at radius 1 is 1.39 bits per heavy atom. The fourth-order valence-electron chi connectivity index (χ4n) is 1.57. The van der Waals surface area contributed by atoms with E-state index in [1.165, 1.54) is 17.5 Å². The van der Waals surface area contributed by atoms with E-state index in [2.05, 4.69) is 10.3 Å². The molecule has 0 fully saturated rings. The molecule has 1 amide bonds. The maximum Gasteiger partial charge on any atom is 0.263 e. The fraction of sp³-hybridized carbons (Fsp3) is 0.154. The molecule has 0 unspecified atom stereocenters. The Bertz CT molecular complexity index is 511. The number of amides is 1. The van der Waals surface area contributed by atoms with Gasteiger partial charge in [0.15, 0.2) is 0 Å². The first-order valence-electron chi connectivity index (χ1n) is 5.48. The molecule has 0 saturated heterocycles. The zero-order chi connectivity index (χ0) is 12.8. The van der Waals surface area contributed by atoms with Crippen LogP contribution in [0.3, 0.4) is 0 Å². The van der Waals surface area contributed by atoms with E-state index in [1.54, 1.807) is 5.51 Å². The van der Waals surface area contributed by atoms with Crippen LogP contribution in [0.5, 0.6) is 0 Å². The number of hydrogen-bond acceptors (Lipinski definition) is 4. The van der Waals surface area contributed by atoms with Gasteiger partial charge in [-0.3, -0.25) is 9.78 Å². The molecule has 0 radical (unpaired) electrons. The predicted octanol–water partition coefficient (Wildman–Crippen LogP) is 1.68. The van der Waals surface area contributed by atoms with Gasteiger partial charge in [0.1, 0.15) is 11.2 Å². The van der Waals surface area contributed by atoms with Gasteiger partial charge in [0, 0.05) is 0 Å². The number of hydrogen-bond donors (Lipinski definition) is 1. The van der Waals surface area contributed by atoms with E-state index in [-0.39, 0.29) is 5.91 Å². The largest absolute Gasteiger partial charge is 0.341 e. The van der Waals surface area contributed by atoms with Crippen molar-refractivity contribution in [2.75, 3.05) is 0 Å². The van der Waals surface area contributed by atoms with Crippen LogP contribution in [0.4, 0.5) is 0 Å². The monoisotopic (exact) mass is 260 g/mol. The van der Waals surface area contributed by atoms with Crippen LogP contribution in [0, 0.1) is 0 Å². The smallest absolute Gasteiger partial charge is 0.263 e. The normalized spacial score (nSPS) is 11.8. The third kappa shape index (κ3) is 3.24. The summed E-state index contributed by atoms with van der Waals surface area (Å²) in [6, 6.07) is 9.06. The molecule has 0 aliphatic heterocycles. The van der Waals surface area contributed by atoms with E-state index in [1.807, 2.05) is 30.3 Å². The topological polar surface area (TPSA) is 59.1 Å². The lowest BCUT2D eigenvalue weighted by molar-refractivity contribution is -0.109. The van der Waals surface area contributed by atoms with Crippen LogP contribution in [-0.2, 0) is 11.2 Å². The summed E-state index contributed by atoms with van der Waals surface area (Å²) in [5, 5.41) is 2.68. The number of benzene rings is 1. The lowest BCUT2D eigenvalue weighted by Gasteiger charge is -2.11. The van der Waals surface area contributed by atoms with Crippen molar-refractivity contribution in [2.24, 2.45) is 0 Å². The van der Waals surface area contributed by atoms with Gasteiger partial charge >= 0.3 is 0 Å². The molecule has 2 aromatic rings. The Morgan fingerprint density at radius 3 is 2.78 bits per heavy atom. The number of rotatable bonds is 5. The third-order valence-electron chi connectivity index (χ3n) is 2.44. The number of aldehydes is 1. The van der Waals surface area contributed by atoms with Crippen LogP contribution in [0.2, 0.25) is 0 Å². The second-order valence-electron chi connectivity index (χ2n) is 3.77. The molecule has 1 aromatic carbocycles. The van der Waals surface area contributed by atoms with Gasteiger partial charge in [0.05, 0.1) is 17.7 Å². The van der Waals surface area contributed by atoms with Crippen molar-refractivity contribution in [3.8, 4) is 0 Å². The van der Waals surface area contributed by atoms with Gasteiger partial charge in [-0.25, -0.2) is 0 Å². The summed E-state index contributed by atoms with van der Waals surface area (Å²) in [5.41, 5.74) is 2.60. The first kappa shape index (κ1) is 12.4. The van der Waals surface area contributed by atoms with Gasteiger partial charge in [-0.2, -0.15) is 0 Å². The van der Waals surface area contributed by atoms with Crippen molar-refractivity contribution in [2.45, 2.75) is 12.5 Å². The molecular formula is C13H12N2O2S. The SMILES string of the molecule is O=C[C@H](Cc1ccccc1)NC(=O)c1cncs1. The molecule has 1 N–H and O–H groups in total. The molecule has 5 heteroatoms. The highest BCUT2D eigenvalue weighted by Crippen LogP contribution is 2.07.